The first-order valence-corrected chi connectivity index (χ1v) is 12.4. The molecule has 2 unspecified atom stereocenters. The fourth-order valence-corrected chi connectivity index (χ4v) is 6.27. The zero-order valence-corrected chi connectivity index (χ0v) is 20.7. The lowest BCUT2D eigenvalue weighted by atomic mass is 9.70. The number of para-hydroxylation sites is 1. The van der Waals surface area contributed by atoms with Crippen LogP contribution in [0.25, 0.3) is 0 Å². The van der Waals surface area contributed by atoms with Crippen LogP contribution in [0.15, 0.2) is 18.2 Å². The quantitative estimate of drug-likeness (QED) is 0.564. The van der Waals surface area contributed by atoms with Crippen molar-refractivity contribution in [3.8, 4) is 0 Å². The minimum atomic E-state index is -1.11. The minimum Gasteiger partial charge on any atom is -0.466 e. The molecule has 34 heavy (non-hydrogen) atoms. The van der Waals surface area contributed by atoms with Crippen LogP contribution in [-0.2, 0) is 23.9 Å². The summed E-state index contributed by atoms with van der Waals surface area (Å²) in [6, 6.07) is 4.27. The van der Waals surface area contributed by atoms with E-state index in [1.165, 1.54) is 4.90 Å². The van der Waals surface area contributed by atoms with Gasteiger partial charge >= 0.3 is 5.97 Å². The molecule has 0 saturated carbocycles. The average molecular weight is 473 g/mol. The minimum absolute atomic E-state index is 0.0436. The largest absolute Gasteiger partial charge is 0.466 e. The molecule has 8 heteroatoms. The van der Waals surface area contributed by atoms with E-state index in [0.29, 0.717) is 18.5 Å². The lowest BCUT2D eigenvalue weighted by Gasteiger charge is -2.39. The molecule has 3 fully saturated rings. The lowest BCUT2D eigenvalue weighted by Crippen LogP contribution is -2.57. The van der Waals surface area contributed by atoms with Crippen LogP contribution in [0, 0.1) is 31.6 Å². The number of hydrogen-bond acceptors (Lipinski definition) is 6. The van der Waals surface area contributed by atoms with Gasteiger partial charge in [0, 0.05) is 5.69 Å². The molecule has 8 nitrogen and oxygen atoms in total. The first kappa shape index (κ1) is 24.7. The Labute approximate surface area is 201 Å². The Morgan fingerprint density at radius 1 is 1.29 bits per heavy atom. The van der Waals surface area contributed by atoms with Gasteiger partial charge in [0.25, 0.3) is 0 Å². The van der Waals surface area contributed by atoms with Gasteiger partial charge in [0.05, 0.1) is 37.2 Å². The Hall–Kier alpha value is -2.45. The molecule has 3 aliphatic rings. The summed E-state index contributed by atoms with van der Waals surface area (Å²) in [7, 11) is 0. The van der Waals surface area contributed by atoms with E-state index in [4.69, 9.17) is 9.47 Å². The van der Waals surface area contributed by atoms with Gasteiger partial charge in [-0.1, -0.05) is 38.5 Å². The summed E-state index contributed by atoms with van der Waals surface area (Å²) in [4.78, 5) is 42.3. The van der Waals surface area contributed by atoms with Gasteiger partial charge < -0.3 is 24.8 Å². The molecule has 1 aromatic rings. The third-order valence-electron chi connectivity index (χ3n) is 8.12. The third-order valence-corrected chi connectivity index (χ3v) is 8.12. The van der Waals surface area contributed by atoms with E-state index in [2.05, 4.69) is 5.32 Å². The van der Waals surface area contributed by atoms with Gasteiger partial charge in [0.15, 0.2) is 0 Å². The number of nitrogens with one attached hydrogen (secondary N) is 1. The number of nitrogens with zero attached hydrogens (tertiary/aromatic N) is 1. The zero-order chi connectivity index (χ0) is 24.8. The van der Waals surface area contributed by atoms with Crippen LogP contribution in [0.5, 0.6) is 0 Å². The number of hydrogen-bond donors (Lipinski definition) is 2. The number of aliphatic hydroxyl groups is 1. The number of aryl methyl sites for hydroxylation is 2. The summed E-state index contributed by atoms with van der Waals surface area (Å²) >= 11 is 0. The standard InChI is InChI=1S/C26H36N2O6/c1-6-14(3)17(13-29)28-22(23(30)27-21-15(4)9-8-10-16(21)5)26-12-11-18(34-26)19(20(26)24(28)31)25(32)33-7-2/h8-10,14,17-20,22,29H,6-7,11-13H2,1-5H3,(H,27,30)/t14-,17-,18+,19-,20-,22?,26?/m0/s1. The maximum Gasteiger partial charge on any atom is 0.312 e. The fraction of sp³-hybridized carbons (Fsp3) is 0.654. The Morgan fingerprint density at radius 2 is 1.97 bits per heavy atom. The van der Waals surface area contributed by atoms with E-state index in [0.717, 1.165) is 17.5 Å². The maximum atomic E-state index is 14.0. The molecule has 4 rings (SSSR count). The van der Waals surface area contributed by atoms with Crippen molar-refractivity contribution in [1.29, 1.82) is 0 Å². The Kier molecular flexibility index (Phi) is 6.75. The average Bonchev–Trinajstić information content (AvgIpc) is 3.44. The van der Waals surface area contributed by atoms with Crippen molar-refractivity contribution in [3.63, 3.8) is 0 Å². The molecule has 3 aliphatic heterocycles. The SMILES string of the molecule is CCOC(=O)[C@@H]1[C@H]2C(=O)N([C@@H](CO)[C@@H](C)CC)C(C(=O)Nc3c(C)cccc3C)C23CC[C@H]1O3. The van der Waals surface area contributed by atoms with Crippen LogP contribution in [0.3, 0.4) is 0 Å². The lowest BCUT2D eigenvalue weighted by molar-refractivity contribution is -0.155. The summed E-state index contributed by atoms with van der Waals surface area (Å²) in [5.74, 6) is -2.68. The summed E-state index contributed by atoms with van der Waals surface area (Å²) in [6.45, 7) is 9.46. The van der Waals surface area contributed by atoms with Crippen molar-refractivity contribution >= 4 is 23.5 Å². The molecule has 0 radical (unpaired) electrons. The first-order chi connectivity index (χ1) is 16.2. The molecule has 2 N–H and O–H groups in total. The summed E-state index contributed by atoms with van der Waals surface area (Å²) in [5, 5.41) is 13.4. The topological polar surface area (TPSA) is 105 Å². The molecule has 0 aliphatic carbocycles. The van der Waals surface area contributed by atoms with Crippen molar-refractivity contribution in [2.75, 3.05) is 18.5 Å². The van der Waals surface area contributed by atoms with Gasteiger partial charge in [-0.15, -0.1) is 0 Å². The van der Waals surface area contributed by atoms with Crippen LogP contribution in [0.1, 0.15) is 51.2 Å². The van der Waals surface area contributed by atoms with Gasteiger partial charge in [-0.2, -0.15) is 0 Å². The molecule has 186 valence electrons. The monoisotopic (exact) mass is 472 g/mol. The molecule has 7 atom stereocenters. The number of benzene rings is 1. The Morgan fingerprint density at radius 3 is 2.56 bits per heavy atom. The highest BCUT2D eigenvalue weighted by atomic mass is 16.6. The number of rotatable bonds is 8. The molecule has 0 aromatic heterocycles. The van der Waals surface area contributed by atoms with E-state index in [-0.39, 0.29) is 30.9 Å². The number of carbonyl (C=O) groups excluding carboxylic acids is 3. The molecular formula is C26H36N2O6. The van der Waals surface area contributed by atoms with E-state index >= 15 is 0 Å². The van der Waals surface area contributed by atoms with Gasteiger partial charge in [0.1, 0.15) is 11.6 Å². The highest BCUT2D eigenvalue weighted by molar-refractivity contribution is 6.04. The highest BCUT2D eigenvalue weighted by Gasteiger charge is 2.75. The molecule has 2 bridgehead atoms. The predicted octanol–water partition coefficient (Wildman–Crippen LogP) is 2.59. The number of likely N-dealkylation sites (tertiary alicyclic amines) is 1. The molecule has 1 aromatic carbocycles. The summed E-state index contributed by atoms with van der Waals surface area (Å²) in [5.41, 5.74) is 1.43. The number of amides is 2. The Balaban J connectivity index is 1.78. The second-order valence-corrected chi connectivity index (χ2v) is 9.94. The summed E-state index contributed by atoms with van der Waals surface area (Å²) in [6.07, 6.45) is 1.37. The number of aliphatic hydroxyl groups excluding tert-OH is 1. The van der Waals surface area contributed by atoms with Gasteiger partial charge in [-0.3, -0.25) is 14.4 Å². The predicted molar refractivity (Wildman–Crippen MR) is 126 cm³/mol. The van der Waals surface area contributed by atoms with Crippen LogP contribution in [0.4, 0.5) is 5.69 Å². The third kappa shape index (κ3) is 3.62. The molecular weight excluding hydrogens is 436 g/mol. The van der Waals surface area contributed by atoms with Crippen molar-refractivity contribution in [3.05, 3.63) is 29.3 Å². The highest BCUT2D eigenvalue weighted by Crippen LogP contribution is 2.59. The van der Waals surface area contributed by atoms with Crippen molar-refractivity contribution < 1.29 is 29.0 Å². The molecule has 3 saturated heterocycles. The van der Waals surface area contributed by atoms with E-state index in [1.807, 2.05) is 45.9 Å². The molecule has 3 heterocycles. The molecule has 2 amide bonds. The second kappa shape index (κ2) is 9.30. The van der Waals surface area contributed by atoms with E-state index < -0.39 is 41.6 Å². The molecule has 1 spiro atoms. The second-order valence-electron chi connectivity index (χ2n) is 9.94. The van der Waals surface area contributed by atoms with Crippen molar-refractivity contribution in [2.24, 2.45) is 17.8 Å². The van der Waals surface area contributed by atoms with Crippen LogP contribution >= 0.6 is 0 Å². The van der Waals surface area contributed by atoms with E-state index in [9.17, 15) is 19.5 Å². The van der Waals surface area contributed by atoms with Crippen molar-refractivity contribution in [2.45, 2.75) is 77.7 Å². The number of esters is 1. The maximum absolute atomic E-state index is 14.0. The number of carbonyl (C=O) groups is 3. The first-order valence-electron chi connectivity index (χ1n) is 12.4. The van der Waals surface area contributed by atoms with Crippen LogP contribution in [-0.4, -0.2) is 64.8 Å². The smallest absolute Gasteiger partial charge is 0.312 e. The fourth-order valence-electron chi connectivity index (χ4n) is 6.27. The number of fused-ring (bicyclic) bond motifs is 1. The Bertz CT molecular complexity index is 960. The van der Waals surface area contributed by atoms with Crippen LogP contribution < -0.4 is 5.32 Å². The number of ether oxygens (including phenoxy) is 2. The normalized spacial score (nSPS) is 31.4. The zero-order valence-electron chi connectivity index (χ0n) is 20.7. The van der Waals surface area contributed by atoms with Crippen molar-refractivity contribution in [1.82, 2.24) is 4.90 Å². The summed E-state index contributed by atoms with van der Waals surface area (Å²) < 4.78 is 11.7. The van der Waals surface area contributed by atoms with Gasteiger partial charge in [-0.25, -0.2) is 0 Å². The van der Waals surface area contributed by atoms with E-state index in [1.54, 1.807) is 6.92 Å². The van der Waals surface area contributed by atoms with Gasteiger partial charge in [-0.05, 0) is 50.7 Å². The number of anilines is 1. The van der Waals surface area contributed by atoms with Crippen LogP contribution in [0.2, 0.25) is 0 Å². The van der Waals surface area contributed by atoms with Gasteiger partial charge in [0.2, 0.25) is 11.8 Å².